The van der Waals surface area contributed by atoms with Crippen LogP contribution in [0.15, 0.2) is 71.6 Å². The Kier molecular flexibility index (Phi) is 7.00. The van der Waals surface area contributed by atoms with Crippen LogP contribution in [0.5, 0.6) is 5.75 Å². The van der Waals surface area contributed by atoms with Gasteiger partial charge in [-0.25, -0.2) is 8.42 Å². The number of rotatable bonds is 6. The molecular weight excluding hydrogens is 474 g/mol. The molecule has 4 rings (SSSR count). The van der Waals surface area contributed by atoms with Crippen molar-refractivity contribution in [1.29, 1.82) is 0 Å². The molecule has 0 unspecified atom stereocenters. The van der Waals surface area contributed by atoms with Crippen LogP contribution in [-0.2, 0) is 10.0 Å². The second kappa shape index (κ2) is 9.95. The van der Waals surface area contributed by atoms with Crippen LogP contribution in [0.3, 0.4) is 0 Å². The molecule has 34 heavy (non-hydrogen) atoms. The third kappa shape index (κ3) is 4.98. The Morgan fingerprint density at radius 3 is 2.35 bits per heavy atom. The number of hydrogen-bond donors (Lipinski definition) is 1. The predicted octanol–water partition coefficient (Wildman–Crippen LogP) is 4.42. The standard InChI is InChI=1S/C25H26ClN3O4S/c1-18-7-3-4-8-21(18)27-34(31,32)24-17-19(11-12-20(24)26)25(30)29-15-13-28(14-16-29)22-9-5-6-10-23(22)33-2/h3-12,17,27H,13-16H2,1-2H3. The molecule has 0 aromatic heterocycles. The van der Waals surface area contributed by atoms with Gasteiger partial charge in [-0.2, -0.15) is 0 Å². The molecule has 1 amide bonds. The van der Waals surface area contributed by atoms with Crippen molar-refractivity contribution in [3.63, 3.8) is 0 Å². The van der Waals surface area contributed by atoms with Crippen molar-refractivity contribution in [3.05, 3.63) is 82.9 Å². The minimum absolute atomic E-state index is 0.0543. The van der Waals surface area contributed by atoms with E-state index in [1.165, 1.54) is 12.1 Å². The monoisotopic (exact) mass is 499 g/mol. The highest BCUT2D eigenvalue weighted by atomic mass is 35.5. The quantitative estimate of drug-likeness (QED) is 0.543. The molecule has 1 aliphatic rings. The Bertz CT molecular complexity index is 1310. The summed E-state index contributed by atoms with van der Waals surface area (Å²) in [6.45, 7) is 4.09. The first-order valence-electron chi connectivity index (χ1n) is 10.9. The number of ether oxygens (including phenoxy) is 1. The number of carbonyl (C=O) groups is 1. The maximum absolute atomic E-state index is 13.2. The maximum atomic E-state index is 13.2. The van der Waals surface area contributed by atoms with Crippen molar-refractivity contribution < 1.29 is 17.9 Å². The molecule has 1 saturated heterocycles. The van der Waals surface area contributed by atoms with Gasteiger partial charge in [-0.15, -0.1) is 0 Å². The van der Waals surface area contributed by atoms with Gasteiger partial charge in [0, 0.05) is 31.7 Å². The number of para-hydroxylation sites is 3. The van der Waals surface area contributed by atoms with Gasteiger partial charge < -0.3 is 14.5 Å². The Labute approximate surface area is 205 Å². The molecule has 0 bridgehead atoms. The van der Waals surface area contributed by atoms with Crippen molar-refractivity contribution >= 4 is 38.9 Å². The Morgan fingerprint density at radius 1 is 0.971 bits per heavy atom. The van der Waals surface area contributed by atoms with Crippen molar-refractivity contribution in [2.45, 2.75) is 11.8 Å². The number of hydrogen-bond acceptors (Lipinski definition) is 5. The van der Waals surface area contributed by atoms with Gasteiger partial charge in [0.2, 0.25) is 0 Å². The van der Waals surface area contributed by atoms with E-state index in [4.69, 9.17) is 16.3 Å². The molecule has 7 nitrogen and oxygen atoms in total. The Hall–Kier alpha value is -3.23. The van der Waals surface area contributed by atoms with Crippen LogP contribution in [0.25, 0.3) is 0 Å². The van der Waals surface area contributed by atoms with Gasteiger partial charge in [0.15, 0.2) is 0 Å². The molecule has 1 heterocycles. The summed E-state index contributed by atoms with van der Waals surface area (Å²) in [7, 11) is -2.34. The number of benzene rings is 3. The van der Waals surface area contributed by atoms with E-state index in [-0.39, 0.29) is 21.4 Å². The SMILES string of the molecule is COc1ccccc1N1CCN(C(=O)c2ccc(Cl)c(S(=O)(=O)Nc3ccccc3C)c2)CC1. The number of amides is 1. The smallest absolute Gasteiger partial charge is 0.263 e. The van der Waals surface area contributed by atoms with Gasteiger partial charge in [-0.3, -0.25) is 9.52 Å². The van der Waals surface area contributed by atoms with E-state index < -0.39 is 10.0 Å². The molecule has 0 saturated carbocycles. The minimum Gasteiger partial charge on any atom is -0.495 e. The molecule has 1 aliphatic heterocycles. The summed E-state index contributed by atoms with van der Waals surface area (Å²) in [5.41, 5.74) is 2.50. The number of anilines is 2. The van der Waals surface area contributed by atoms with Crippen LogP contribution in [0, 0.1) is 6.92 Å². The fourth-order valence-corrected chi connectivity index (χ4v) is 5.61. The van der Waals surface area contributed by atoms with Gasteiger partial charge in [-0.05, 0) is 48.9 Å². The second-order valence-corrected chi connectivity index (χ2v) is 10.1. The molecule has 0 atom stereocenters. The number of methoxy groups -OCH3 is 1. The van der Waals surface area contributed by atoms with Gasteiger partial charge >= 0.3 is 0 Å². The number of aryl methyl sites for hydroxylation is 1. The van der Waals surface area contributed by atoms with E-state index in [1.807, 2.05) is 43.3 Å². The lowest BCUT2D eigenvalue weighted by molar-refractivity contribution is 0.0746. The van der Waals surface area contributed by atoms with Crippen LogP contribution < -0.4 is 14.4 Å². The van der Waals surface area contributed by atoms with E-state index in [0.717, 1.165) is 17.0 Å². The van der Waals surface area contributed by atoms with Gasteiger partial charge in [0.25, 0.3) is 15.9 Å². The summed E-state index contributed by atoms with van der Waals surface area (Å²) in [5.74, 6) is 0.555. The van der Waals surface area contributed by atoms with Crippen LogP contribution in [0.2, 0.25) is 5.02 Å². The van der Waals surface area contributed by atoms with Crippen molar-refractivity contribution in [1.82, 2.24) is 4.90 Å². The highest BCUT2D eigenvalue weighted by molar-refractivity contribution is 7.92. The zero-order valence-corrected chi connectivity index (χ0v) is 20.6. The van der Waals surface area contributed by atoms with Gasteiger partial charge in [0.1, 0.15) is 10.6 Å². The van der Waals surface area contributed by atoms with Crippen molar-refractivity contribution in [2.75, 3.05) is 42.9 Å². The number of nitrogens with one attached hydrogen (secondary N) is 1. The largest absolute Gasteiger partial charge is 0.495 e. The van der Waals surface area contributed by atoms with Gasteiger partial charge in [0.05, 0.1) is 23.5 Å². The number of nitrogens with zero attached hydrogens (tertiary/aromatic N) is 2. The van der Waals surface area contributed by atoms with Crippen LogP contribution in [0.1, 0.15) is 15.9 Å². The van der Waals surface area contributed by atoms with Crippen LogP contribution in [-0.4, -0.2) is 52.5 Å². The molecule has 178 valence electrons. The van der Waals surface area contributed by atoms with E-state index >= 15 is 0 Å². The van der Waals surface area contributed by atoms with Gasteiger partial charge in [-0.1, -0.05) is 41.9 Å². The summed E-state index contributed by atoms with van der Waals surface area (Å²) in [6.07, 6.45) is 0. The highest BCUT2D eigenvalue weighted by Crippen LogP contribution is 2.30. The predicted molar refractivity (Wildman–Crippen MR) is 135 cm³/mol. The Morgan fingerprint density at radius 2 is 1.65 bits per heavy atom. The lowest BCUT2D eigenvalue weighted by Gasteiger charge is -2.36. The number of piperazine rings is 1. The molecule has 0 radical (unpaired) electrons. The molecule has 3 aromatic rings. The third-order valence-electron chi connectivity index (χ3n) is 5.85. The average molecular weight is 500 g/mol. The van der Waals surface area contributed by atoms with Crippen molar-refractivity contribution in [2.24, 2.45) is 0 Å². The zero-order valence-electron chi connectivity index (χ0n) is 19.0. The molecule has 1 N–H and O–H groups in total. The normalized spacial score (nSPS) is 14.1. The fourth-order valence-electron chi connectivity index (χ4n) is 3.95. The summed E-state index contributed by atoms with van der Waals surface area (Å²) >= 11 is 6.23. The summed E-state index contributed by atoms with van der Waals surface area (Å²) in [5, 5.41) is 0.0543. The molecule has 9 heteroatoms. The zero-order chi connectivity index (χ0) is 24.3. The van der Waals surface area contributed by atoms with E-state index in [9.17, 15) is 13.2 Å². The first-order chi connectivity index (χ1) is 16.3. The average Bonchev–Trinajstić information content (AvgIpc) is 2.85. The summed E-state index contributed by atoms with van der Waals surface area (Å²) in [4.78, 5) is 17.0. The second-order valence-electron chi connectivity index (χ2n) is 8.02. The van der Waals surface area contributed by atoms with Crippen LogP contribution in [0.4, 0.5) is 11.4 Å². The van der Waals surface area contributed by atoms with E-state index in [1.54, 1.807) is 30.2 Å². The third-order valence-corrected chi connectivity index (χ3v) is 7.70. The molecule has 3 aromatic carbocycles. The molecule has 0 spiro atoms. The number of carbonyl (C=O) groups excluding carboxylic acids is 1. The van der Waals surface area contributed by atoms with Crippen LogP contribution >= 0.6 is 11.6 Å². The summed E-state index contributed by atoms with van der Waals surface area (Å²) < 4.78 is 34.1. The van der Waals surface area contributed by atoms with E-state index in [2.05, 4.69) is 9.62 Å². The molecular formula is C25H26ClN3O4S. The lowest BCUT2D eigenvalue weighted by Crippen LogP contribution is -2.48. The molecule has 0 aliphatic carbocycles. The Balaban J connectivity index is 1.51. The number of halogens is 1. The summed E-state index contributed by atoms with van der Waals surface area (Å²) in [6, 6.07) is 19.2. The topological polar surface area (TPSA) is 79.0 Å². The maximum Gasteiger partial charge on any atom is 0.263 e. The minimum atomic E-state index is -3.98. The molecule has 1 fully saturated rings. The number of sulfonamides is 1. The lowest BCUT2D eigenvalue weighted by atomic mass is 10.1. The fraction of sp³-hybridized carbons (Fsp3) is 0.240. The van der Waals surface area contributed by atoms with E-state index in [0.29, 0.717) is 31.9 Å². The van der Waals surface area contributed by atoms with Crippen molar-refractivity contribution in [3.8, 4) is 5.75 Å². The first kappa shape index (κ1) is 23.9. The highest BCUT2D eigenvalue weighted by Gasteiger charge is 2.26. The first-order valence-corrected chi connectivity index (χ1v) is 12.7.